The zero-order valence-corrected chi connectivity index (χ0v) is 14.1. The van der Waals surface area contributed by atoms with E-state index in [1.54, 1.807) is 21.0 Å². The van der Waals surface area contributed by atoms with E-state index in [1.165, 1.54) is 0 Å². The van der Waals surface area contributed by atoms with Gasteiger partial charge < -0.3 is 14.5 Å². The summed E-state index contributed by atoms with van der Waals surface area (Å²) in [5.74, 6) is 1.08. The van der Waals surface area contributed by atoms with Gasteiger partial charge >= 0.3 is 0 Å². The summed E-state index contributed by atoms with van der Waals surface area (Å²) in [6.07, 6.45) is 1.57. The average Bonchev–Trinajstić information content (AvgIpc) is 2.71. The van der Waals surface area contributed by atoms with Gasteiger partial charge in [-0.2, -0.15) is 0 Å². The fraction of sp³-hybridized carbons (Fsp3) is 0.714. The molecule has 1 aromatic heterocycles. The highest BCUT2D eigenvalue weighted by molar-refractivity contribution is 7.89. The van der Waals surface area contributed by atoms with Crippen LogP contribution in [0, 0.1) is 13.8 Å². The summed E-state index contributed by atoms with van der Waals surface area (Å²) in [4.78, 5) is 0.271. The van der Waals surface area contributed by atoms with Crippen molar-refractivity contribution in [3.63, 3.8) is 0 Å². The van der Waals surface area contributed by atoms with E-state index in [0.29, 0.717) is 36.8 Å². The zero-order valence-electron chi connectivity index (χ0n) is 13.3. The monoisotopic (exact) mass is 318 g/mol. The maximum absolute atomic E-state index is 12.5. The van der Waals surface area contributed by atoms with Crippen LogP contribution in [0.5, 0.6) is 0 Å². The van der Waals surface area contributed by atoms with Crippen molar-refractivity contribution >= 4 is 10.0 Å². The molecule has 0 saturated carbocycles. The number of nitrogens with one attached hydrogen (secondary N) is 2. The van der Waals surface area contributed by atoms with Crippen molar-refractivity contribution in [2.24, 2.45) is 0 Å². The Bertz CT molecular complexity index is 537. The van der Waals surface area contributed by atoms with Gasteiger partial charge in [-0.3, -0.25) is 0 Å². The molecule has 0 bridgehead atoms. The molecule has 0 aliphatic heterocycles. The number of methoxy groups -OCH3 is 1. The molecule has 0 spiro atoms. The van der Waals surface area contributed by atoms with E-state index in [9.17, 15) is 8.42 Å². The molecule has 122 valence electrons. The van der Waals surface area contributed by atoms with Crippen LogP contribution in [0.25, 0.3) is 0 Å². The van der Waals surface area contributed by atoms with Crippen LogP contribution in [0.2, 0.25) is 0 Å². The van der Waals surface area contributed by atoms with Gasteiger partial charge in [0.2, 0.25) is 10.0 Å². The first-order chi connectivity index (χ1) is 9.94. The topological polar surface area (TPSA) is 80.6 Å². The fourth-order valence-corrected chi connectivity index (χ4v) is 3.68. The van der Waals surface area contributed by atoms with Crippen molar-refractivity contribution < 1.29 is 17.6 Å². The first kappa shape index (κ1) is 18.2. The van der Waals surface area contributed by atoms with E-state index >= 15 is 0 Å². The smallest absolute Gasteiger partial charge is 0.244 e. The van der Waals surface area contributed by atoms with Crippen molar-refractivity contribution in [1.82, 2.24) is 10.0 Å². The molecule has 1 rings (SSSR count). The minimum Gasteiger partial charge on any atom is -0.465 e. The Hall–Kier alpha value is -0.890. The molecule has 0 aromatic carbocycles. The number of hydrogen-bond acceptors (Lipinski definition) is 5. The second-order valence-corrected chi connectivity index (χ2v) is 6.60. The molecule has 21 heavy (non-hydrogen) atoms. The Labute approximate surface area is 127 Å². The largest absolute Gasteiger partial charge is 0.465 e. The third kappa shape index (κ3) is 5.10. The molecule has 0 unspecified atom stereocenters. The maximum atomic E-state index is 12.5. The summed E-state index contributed by atoms with van der Waals surface area (Å²) in [6.45, 7) is 7.74. The highest BCUT2D eigenvalue weighted by Crippen LogP contribution is 2.26. The predicted octanol–water partition coefficient (Wildman–Crippen LogP) is 1.71. The van der Waals surface area contributed by atoms with Crippen LogP contribution in [-0.4, -0.2) is 35.2 Å². The first-order valence-corrected chi connectivity index (χ1v) is 8.70. The van der Waals surface area contributed by atoms with E-state index in [-0.39, 0.29) is 4.90 Å². The molecular formula is C14H26N2O4S. The summed E-state index contributed by atoms with van der Waals surface area (Å²) in [5.41, 5.74) is 0.707. The highest BCUT2D eigenvalue weighted by Gasteiger charge is 2.26. The number of hydrogen-bond donors (Lipinski definition) is 2. The van der Waals surface area contributed by atoms with E-state index < -0.39 is 10.0 Å². The number of sulfonamides is 1. The van der Waals surface area contributed by atoms with Crippen molar-refractivity contribution in [2.45, 2.75) is 45.1 Å². The van der Waals surface area contributed by atoms with Crippen LogP contribution < -0.4 is 10.0 Å². The number of furan rings is 1. The molecule has 6 nitrogen and oxygen atoms in total. The summed E-state index contributed by atoms with van der Waals surface area (Å²) >= 11 is 0. The lowest BCUT2D eigenvalue weighted by Gasteiger charge is -2.09. The first-order valence-electron chi connectivity index (χ1n) is 7.22. The number of aryl methyl sites for hydroxylation is 2. The van der Waals surface area contributed by atoms with E-state index in [4.69, 9.17) is 9.15 Å². The van der Waals surface area contributed by atoms with Gasteiger partial charge in [0.15, 0.2) is 0 Å². The standard InChI is InChI=1S/C14H26N2O4S/c1-5-15-10-13-11(2)20-12(3)14(13)21(17,18)16-8-6-7-9-19-4/h15-16H,5-10H2,1-4H3. The van der Waals surface area contributed by atoms with Crippen molar-refractivity contribution in [2.75, 3.05) is 26.8 Å². The Morgan fingerprint density at radius 1 is 1.19 bits per heavy atom. The van der Waals surface area contributed by atoms with Gasteiger partial charge in [0.25, 0.3) is 0 Å². The molecular weight excluding hydrogens is 292 g/mol. The van der Waals surface area contributed by atoms with Crippen molar-refractivity contribution in [3.05, 3.63) is 17.1 Å². The van der Waals surface area contributed by atoms with Gasteiger partial charge in [0.1, 0.15) is 16.4 Å². The second-order valence-electron chi connectivity index (χ2n) is 4.90. The molecule has 0 fully saturated rings. The molecule has 0 aliphatic carbocycles. The van der Waals surface area contributed by atoms with Crippen molar-refractivity contribution in [1.29, 1.82) is 0 Å². The van der Waals surface area contributed by atoms with Gasteiger partial charge in [0, 0.05) is 32.4 Å². The normalized spacial score (nSPS) is 12.0. The Morgan fingerprint density at radius 2 is 1.90 bits per heavy atom. The summed E-state index contributed by atoms with van der Waals surface area (Å²) in [5, 5.41) is 3.15. The minimum absolute atomic E-state index is 0.271. The van der Waals surface area contributed by atoms with Crippen LogP contribution in [0.3, 0.4) is 0 Å². The zero-order chi connectivity index (χ0) is 15.9. The quantitative estimate of drug-likeness (QED) is 0.642. The SMILES string of the molecule is CCNCc1c(C)oc(C)c1S(=O)(=O)NCCCCOC. The second kappa shape index (κ2) is 8.53. The Balaban J connectivity index is 2.82. The van der Waals surface area contributed by atoms with Gasteiger partial charge in [-0.05, 0) is 33.2 Å². The van der Waals surface area contributed by atoms with Crippen molar-refractivity contribution in [3.8, 4) is 0 Å². The molecule has 0 aliphatic rings. The lowest BCUT2D eigenvalue weighted by Crippen LogP contribution is -2.27. The summed E-state index contributed by atoms with van der Waals surface area (Å²) < 4.78 is 38.0. The van der Waals surface area contributed by atoms with Crippen LogP contribution in [-0.2, 0) is 21.3 Å². The lowest BCUT2D eigenvalue weighted by molar-refractivity contribution is 0.193. The van der Waals surface area contributed by atoms with Gasteiger partial charge in [0.05, 0.1) is 0 Å². The summed E-state index contributed by atoms with van der Waals surface area (Å²) in [6, 6.07) is 0. The lowest BCUT2D eigenvalue weighted by atomic mass is 10.2. The van der Waals surface area contributed by atoms with E-state index in [1.807, 2.05) is 6.92 Å². The van der Waals surface area contributed by atoms with Gasteiger partial charge in [-0.1, -0.05) is 6.92 Å². The molecule has 1 heterocycles. The Morgan fingerprint density at radius 3 is 2.52 bits per heavy atom. The van der Waals surface area contributed by atoms with Gasteiger partial charge in [-0.15, -0.1) is 0 Å². The molecule has 2 N–H and O–H groups in total. The molecule has 7 heteroatoms. The van der Waals surface area contributed by atoms with E-state index in [0.717, 1.165) is 19.4 Å². The Kier molecular flexibility index (Phi) is 7.37. The molecule has 1 aromatic rings. The summed E-state index contributed by atoms with van der Waals surface area (Å²) in [7, 11) is -1.91. The highest BCUT2D eigenvalue weighted by atomic mass is 32.2. The van der Waals surface area contributed by atoms with Crippen LogP contribution in [0.1, 0.15) is 36.8 Å². The maximum Gasteiger partial charge on any atom is 0.244 e. The van der Waals surface area contributed by atoms with E-state index in [2.05, 4.69) is 10.0 Å². The number of rotatable bonds is 10. The van der Waals surface area contributed by atoms with Crippen LogP contribution in [0.15, 0.2) is 9.31 Å². The molecule has 0 amide bonds. The third-order valence-corrected chi connectivity index (χ3v) is 4.87. The molecule has 0 saturated heterocycles. The fourth-order valence-electron chi connectivity index (χ4n) is 2.17. The van der Waals surface area contributed by atoms with Crippen LogP contribution in [0.4, 0.5) is 0 Å². The molecule has 0 atom stereocenters. The number of ether oxygens (including phenoxy) is 1. The third-order valence-electron chi connectivity index (χ3n) is 3.21. The predicted molar refractivity (Wildman–Crippen MR) is 81.9 cm³/mol. The minimum atomic E-state index is -3.54. The average molecular weight is 318 g/mol. The van der Waals surface area contributed by atoms with Gasteiger partial charge in [-0.25, -0.2) is 13.1 Å². The number of unbranched alkanes of at least 4 members (excludes halogenated alkanes) is 1. The molecule has 0 radical (unpaired) electrons. The van der Waals surface area contributed by atoms with Crippen LogP contribution >= 0.6 is 0 Å².